The van der Waals surface area contributed by atoms with Crippen LogP contribution in [-0.4, -0.2) is 16.2 Å². The first-order valence-corrected chi connectivity index (χ1v) is 8.48. The van der Waals surface area contributed by atoms with E-state index in [4.69, 9.17) is 0 Å². The van der Waals surface area contributed by atoms with Crippen LogP contribution in [0.2, 0.25) is 0 Å². The van der Waals surface area contributed by atoms with Gasteiger partial charge in [0.05, 0.1) is 6.10 Å². The quantitative estimate of drug-likeness (QED) is 0.892. The lowest BCUT2D eigenvalue weighted by atomic mass is 9.76. The Balaban J connectivity index is 1.54. The van der Waals surface area contributed by atoms with Crippen molar-refractivity contribution in [1.82, 2.24) is 5.32 Å². The lowest BCUT2D eigenvalue weighted by Crippen LogP contribution is -2.47. The predicted octanol–water partition coefficient (Wildman–Crippen LogP) is 3.90. The summed E-state index contributed by atoms with van der Waals surface area (Å²) in [7, 11) is 0. The predicted molar refractivity (Wildman–Crippen MR) is 88.5 cm³/mol. The zero-order valence-corrected chi connectivity index (χ0v) is 13.4. The minimum absolute atomic E-state index is 0.0495. The van der Waals surface area contributed by atoms with Gasteiger partial charge in [0.2, 0.25) is 0 Å². The summed E-state index contributed by atoms with van der Waals surface area (Å²) in [6.45, 7) is 0. The van der Waals surface area contributed by atoms with Gasteiger partial charge in [-0.05, 0) is 67.5 Å². The molecule has 2 aliphatic heterocycles. The monoisotopic (exact) mass is 329 g/mol. The zero-order valence-electron chi connectivity index (χ0n) is 13.4. The highest BCUT2D eigenvalue weighted by molar-refractivity contribution is 5.29. The second-order valence-electron chi connectivity index (χ2n) is 7.32. The van der Waals surface area contributed by atoms with Crippen LogP contribution in [0.1, 0.15) is 42.9 Å². The maximum absolute atomic E-state index is 13.5. The molecule has 0 aromatic heterocycles. The van der Waals surface area contributed by atoms with Crippen molar-refractivity contribution in [3.05, 3.63) is 71.3 Å². The van der Waals surface area contributed by atoms with Gasteiger partial charge in [-0.25, -0.2) is 8.78 Å². The highest BCUT2D eigenvalue weighted by Crippen LogP contribution is 2.51. The van der Waals surface area contributed by atoms with Crippen molar-refractivity contribution in [3.63, 3.8) is 0 Å². The fourth-order valence-electron chi connectivity index (χ4n) is 4.50. The maximum atomic E-state index is 13.5. The highest BCUT2D eigenvalue weighted by Gasteiger charge is 2.56. The van der Waals surface area contributed by atoms with E-state index in [1.165, 1.54) is 24.3 Å². The number of fused-ring (bicyclic) bond motifs is 2. The summed E-state index contributed by atoms with van der Waals surface area (Å²) in [6, 6.07) is 12.9. The van der Waals surface area contributed by atoms with Crippen LogP contribution in [0.4, 0.5) is 8.78 Å². The Bertz CT molecular complexity index is 736. The Hall–Kier alpha value is -1.78. The van der Waals surface area contributed by atoms with Crippen LogP contribution < -0.4 is 5.32 Å². The topological polar surface area (TPSA) is 32.3 Å². The van der Waals surface area contributed by atoms with Crippen LogP contribution in [0.5, 0.6) is 0 Å². The molecule has 0 radical (unpaired) electrons. The van der Waals surface area contributed by atoms with Gasteiger partial charge in [-0.3, -0.25) is 0 Å². The molecule has 4 heteroatoms. The molecule has 0 unspecified atom stereocenters. The zero-order chi connectivity index (χ0) is 16.8. The first kappa shape index (κ1) is 15.7. The molecule has 2 nitrogen and oxygen atoms in total. The van der Waals surface area contributed by atoms with Crippen molar-refractivity contribution in [2.75, 3.05) is 0 Å². The van der Waals surface area contributed by atoms with E-state index in [2.05, 4.69) is 5.32 Å². The lowest BCUT2D eigenvalue weighted by Gasteiger charge is -2.32. The molecule has 2 saturated heterocycles. The Labute approximate surface area is 140 Å². The SMILES string of the molecule is O[C@@H](c1cccc(F)c1)C12CCC(Cc3ccc(F)cc3)(CC1)N2. The minimum atomic E-state index is -0.717. The summed E-state index contributed by atoms with van der Waals surface area (Å²) in [5.74, 6) is -0.547. The molecule has 2 heterocycles. The van der Waals surface area contributed by atoms with Crippen LogP contribution in [0.15, 0.2) is 48.5 Å². The van der Waals surface area contributed by atoms with E-state index in [-0.39, 0.29) is 22.7 Å². The van der Waals surface area contributed by atoms with Crippen molar-refractivity contribution >= 4 is 0 Å². The number of aliphatic hydroxyl groups excluding tert-OH is 1. The molecule has 24 heavy (non-hydrogen) atoms. The molecule has 2 bridgehead atoms. The second kappa shape index (κ2) is 5.64. The number of aliphatic hydroxyl groups is 1. The molecular weight excluding hydrogens is 308 g/mol. The van der Waals surface area contributed by atoms with E-state index >= 15 is 0 Å². The molecule has 1 atom stereocenters. The van der Waals surface area contributed by atoms with E-state index in [0.29, 0.717) is 5.56 Å². The molecule has 2 fully saturated rings. The Kier molecular flexibility index (Phi) is 3.70. The van der Waals surface area contributed by atoms with Gasteiger partial charge in [0, 0.05) is 11.1 Å². The average molecular weight is 329 g/mol. The third-order valence-electron chi connectivity index (χ3n) is 5.76. The number of nitrogens with one attached hydrogen (secondary N) is 1. The number of hydrogen-bond acceptors (Lipinski definition) is 2. The molecular formula is C20H21F2NO. The van der Waals surface area contributed by atoms with Gasteiger partial charge in [0.1, 0.15) is 11.6 Å². The van der Waals surface area contributed by atoms with Crippen LogP contribution >= 0.6 is 0 Å². The van der Waals surface area contributed by atoms with Crippen molar-refractivity contribution in [2.45, 2.75) is 49.3 Å². The largest absolute Gasteiger partial charge is 0.386 e. The summed E-state index contributed by atoms with van der Waals surface area (Å²) in [6.07, 6.45) is 3.78. The van der Waals surface area contributed by atoms with Gasteiger partial charge in [-0.15, -0.1) is 0 Å². The third kappa shape index (κ3) is 2.64. The summed E-state index contributed by atoms with van der Waals surface area (Å²) in [5, 5.41) is 14.5. The van der Waals surface area contributed by atoms with Gasteiger partial charge >= 0.3 is 0 Å². The van der Waals surface area contributed by atoms with Crippen molar-refractivity contribution in [1.29, 1.82) is 0 Å². The van der Waals surface area contributed by atoms with Crippen molar-refractivity contribution in [2.24, 2.45) is 0 Å². The standard InChI is InChI=1S/C20H21F2NO/c21-16-6-4-14(5-7-16)13-19-8-10-20(23-19,11-9-19)18(24)15-2-1-3-17(22)12-15/h1-7,12,18,23-24H,8-11,13H2/t18-,19?,20?/m0/s1. The minimum Gasteiger partial charge on any atom is -0.386 e. The number of benzene rings is 2. The third-order valence-corrected chi connectivity index (χ3v) is 5.76. The van der Waals surface area contributed by atoms with Gasteiger partial charge in [0.15, 0.2) is 0 Å². The molecule has 2 aromatic rings. The van der Waals surface area contributed by atoms with Gasteiger partial charge in [-0.2, -0.15) is 0 Å². The van der Waals surface area contributed by atoms with Crippen LogP contribution in [0.25, 0.3) is 0 Å². The fourth-order valence-corrected chi connectivity index (χ4v) is 4.50. The average Bonchev–Trinajstić information content (AvgIpc) is 3.13. The highest BCUT2D eigenvalue weighted by atomic mass is 19.1. The number of rotatable bonds is 4. The summed E-state index contributed by atoms with van der Waals surface area (Å²) in [5.41, 5.74) is 1.30. The Morgan fingerprint density at radius 3 is 2.33 bits per heavy atom. The molecule has 4 rings (SSSR count). The Morgan fingerprint density at radius 2 is 1.67 bits per heavy atom. The van der Waals surface area contributed by atoms with Crippen molar-refractivity contribution in [3.8, 4) is 0 Å². The Morgan fingerprint density at radius 1 is 0.958 bits per heavy atom. The van der Waals surface area contributed by atoms with Gasteiger partial charge in [0.25, 0.3) is 0 Å². The number of hydrogen-bond donors (Lipinski definition) is 2. The van der Waals surface area contributed by atoms with E-state index in [1.807, 2.05) is 12.1 Å². The molecule has 2 aromatic carbocycles. The van der Waals surface area contributed by atoms with Gasteiger partial charge in [-0.1, -0.05) is 24.3 Å². The maximum Gasteiger partial charge on any atom is 0.123 e. The molecule has 0 amide bonds. The molecule has 0 aliphatic carbocycles. The second-order valence-corrected chi connectivity index (χ2v) is 7.32. The summed E-state index contributed by atoms with van der Waals surface area (Å²) >= 11 is 0. The smallest absolute Gasteiger partial charge is 0.123 e. The van der Waals surface area contributed by atoms with Crippen LogP contribution in [0, 0.1) is 11.6 Å². The van der Waals surface area contributed by atoms with Crippen molar-refractivity contribution < 1.29 is 13.9 Å². The van der Waals surface area contributed by atoms with E-state index in [0.717, 1.165) is 37.7 Å². The summed E-state index contributed by atoms with van der Waals surface area (Å²) < 4.78 is 26.6. The van der Waals surface area contributed by atoms with Gasteiger partial charge < -0.3 is 10.4 Å². The van der Waals surface area contributed by atoms with E-state index in [1.54, 1.807) is 12.1 Å². The molecule has 2 aliphatic rings. The normalized spacial score (nSPS) is 29.8. The fraction of sp³-hybridized carbons (Fsp3) is 0.400. The molecule has 0 spiro atoms. The molecule has 126 valence electrons. The first-order chi connectivity index (χ1) is 11.5. The van der Waals surface area contributed by atoms with E-state index < -0.39 is 6.10 Å². The molecule has 2 N–H and O–H groups in total. The first-order valence-electron chi connectivity index (χ1n) is 8.48. The summed E-state index contributed by atoms with van der Waals surface area (Å²) in [4.78, 5) is 0. The van der Waals surface area contributed by atoms with E-state index in [9.17, 15) is 13.9 Å². The van der Waals surface area contributed by atoms with Crippen LogP contribution in [0.3, 0.4) is 0 Å². The van der Waals surface area contributed by atoms with Crippen LogP contribution in [-0.2, 0) is 6.42 Å². The molecule has 0 saturated carbocycles. The number of halogens is 2. The lowest BCUT2D eigenvalue weighted by molar-refractivity contribution is 0.0734.